The summed E-state index contributed by atoms with van der Waals surface area (Å²) in [5.74, 6) is 1.61. The van der Waals surface area contributed by atoms with Crippen molar-refractivity contribution in [3.05, 3.63) is 17.8 Å². The Bertz CT molecular complexity index is 326. The van der Waals surface area contributed by atoms with E-state index in [1.807, 2.05) is 12.3 Å². The van der Waals surface area contributed by atoms with E-state index in [1.54, 1.807) is 14.2 Å². The summed E-state index contributed by atoms with van der Waals surface area (Å²) in [5.41, 5.74) is 1.14. The molecule has 0 saturated heterocycles. The van der Waals surface area contributed by atoms with Crippen LogP contribution in [-0.4, -0.2) is 32.4 Å². The molecule has 90 valence electrons. The highest BCUT2D eigenvalue weighted by molar-refractivity contribution is 5.37. The fourth-order valence-electron chi connectivity index (χ4n) is 1.24. The number of aromatic nitrogens is 1. The van der Waals surface area contributed by atoms with Crippen molar-refractivity contribution in [2.45, 2.75) is 19.8 Å². The average Bonchev–Trinajstić information content (AvgIpc) is 2.29. The Morgan fingerprint density at radius 2 is 2.00 bits per heavy atom. The van der Waals surface area contributed by atoms with Gasteiger partial charge in [0.2, 0.25) is 0 Å². The molecule has 4 heteroatoms. The molecule has 16 heavy (non-hydrogen) atoms. The fourth-order valence-corrected chi connectivity index (χ4v) is 1.24. The molecule has 0 aromatic carbocycles. The summed E-state index contributed by atoms with van der Waals surface area (Å²) < 4.78 is 15.6. The van der Waals surface area contributed by atoms with Crippen LogP contribution in [0.5, 0.6) is 11.6 Å². The number of hydrogen-bond acceptors (Lipinski definition) is 4. The summed E-state index contributed by atoms with van der Waals surface area (Å²) in [6, 6.07) is 1.96. The molecule has 0 aliphatic carbocycles. The predicted octanol–water partition coefficient (Wildman–Crippen LogP) is 2.24. The second-order valence-corrected chi connectivity index (χ2v) is 3.77. The van der Waals surface area contributed by atoms with Crippen LogP contribution in [0.25, 0.3) is 0 Å². The zero-order valence-corrected chi connectivity index (χ0v) is 10.3. The first-order valence-electron chi connectivity index (χ1n) is 5.34. The van der Waals surface area contributed by atoms with Crippen LogP contribution in [0.1, 0.15) is 25.3 Å². The molecule has 0 aliphatic rings. The van der Waals surface area contributed by atoms with Gasteiger partial charge in [0.1, 0.15) is 6.61 Å². The minimum absolute atomic E-state index is 0.425. The highest BCUT2D eigenvalue weighted by Gasteiger charge is 2.09. The lowest BCUT2D eigenvalue weighted by atomic mass is 10.1. The normalized spacial score (nSPS) is 10.6. The molecule has 0 amide bonds. The molecule has 0 N–H and O–H groups in total. The molecule has 1 heterocycles. The second-order valence-electron chi connectivity index (χ2n) is 3.77. The molecule has 1 aromatic rings. The standard InChI is InChI=1S/C12H19NO3/c1-9(2)10-7-11(15-4)12(13-8-10)16-6-5-14-3/h7-9H,5-6H2,1-4H3. The van der Waals surface area contributed by atoms with Gasteiger partial charge >= 0.3 is 0 Å². The molecule has 0 radical (unpaired) electrons. The van der Waals surface area contributed by atoms with Crippen LogP contribution in [0.3, 0.4) is 0 Å². The summed E-state index contributed by atoms with van der Waals surface area (Å²) in [6.45, 7) is 5.24. The molecule has 0 aliphatic heterocycles. The van der Waals surface area contributed by atoms with E-state index in [0.29, 0.717) is 30.8 Å². The van der Waals surface area contributed by atoms with Gasteiger partial charge in [-0.05, 0) is 17.5 Å². The van der Waals surface area contributed by atoms with E-state index in [2.05, 4.69) is 18.8 Å². The Kier molecular flexibility index (Phi) is 5.05. The summed E-state index contributed by atoms with van der Waals surface area (Å²) in [6.07, 6.45) is 1.81. The van der Waals surface area contributed by atoms with Crippen LogP contribution < -0.4 is 9.47 Å². The van der Waals surface area contributed by atoms with Crippen LogP contribution in [-0.2, 0) is 4.74 Å². The quantitative estimate of drug-likeness (QED) is 0.696. The molecule has 0 unspecified atom stereocenters. The van der Waals surface area contributed by atoms with Crippen LogP contribution in [0.15, 0.2) is 12.3 Å². The van der Waals surface area contributed by atoms with Crippen molar-refractivity contribution in [1.82, 2.24) is 4.98 Å². The third kappa shape index (κ3) is 3.38. The van der Waals surface area contributed by atoms with Gasteiger partial charge in [0, 0.05) is 13.3 Å². The van der Waals surface area contributed by atoms with Crippen molar-refractivity contribution in [2.24, 2.45) is 0 Å². The summed E-state index contributed by atoms with van der Waals surface area (Å²) >= 11 is 0. The lowest BCUT2D eigenvalue weighted by molar-refractivity contribution is 0.141. The average molecular weight is 225 g/mol. The Labute approximate surface area is 96.5 Å². The molecule has 0 atom stereocenters. The zero-order chi connectivity index (χ0) is 12.0. The third-order valence-electron chi connectivity index (χ3n) is 2.25. The monoisotopic (exact) mass is 225 g/mol. The van der Waals surface area contributed by atoms with Gasteiger partial charge in [-0.3, -0.25) is 0 Å². The lowest BCUT2D eigenvalue weighted by Crippen LogP contribution is -2.07. The molecular formula is C12H19NO3. The second kappa shape index (κ2) is 6.33. The number of hydrogen-bond donors (Lipinski definition) is 0. The summed E-state index contributed by atoms with van der Waals surface area (Å²) in [7, 11) is 3.25. The maximum absolute atomic E-state index is 5.44. The van der Waals surface area contributed by atoms with Crippen molar-refractivity contribution in [3.8, 4) is 11.6 Å². The number of methoxy groups -OCH3 is 2. The van der Waals surface area contributed by atoms with Gasteiger partial charge in [-0.15, -0.1) is 0 Å². The van der Waals surface area contributed by atoms with E-state index >= 15 is 0 Å². The van der Waals surface area contributed by atoms with E-state index in [9.17, 15) is 0 Å². The first-order chi connectivity index (χ1) is 7.69. The summed E-state index contributed by atoms with van der Waals surface area (Å²) in [4.78, 5) is 4.24. The van der Waals surface area contributed by atoms with E-state index in [-0.39, 0.29) is 0 Å². The maximum Gasteiger partial charge on any atom is 0.257 e. The third-order valence-corrected chi connectivity index (χ3v) is 2.25. The van der Waals surface area contributed by atoms with Crippen LogP contribution >= 0.6 is 0 Å². The van der Waals surface area contributed by atoms with Crippen molar-refractivity contribution < 1.29 is 14.2 Å². The zero-order valence-electron chi connectivity index (χ0n) is 10.3. The van der Waals surface area contributed by atoms with E-state index in [0.717, 1.165) is 5.56 Å². The van der Waals surface area contributed by atoms with Gasteiger partial charge < -0.3 is 14.2 Å². The van der Waals surface area contributed by atoms with Gasteiger partial charge in [-0.1, -0.05) is 13.8 Å². The van der Waals surface area contributed by atoms with Gasteiger partial charge in [0.05, 0.1) is 13.7 Å². The Hall–Kier alpha value is -1.29. The Balaban J connectivity index is 2.76. The smallest absolute Gasteiger partial charge is 0.257 e. The highest BCUT2D eigenvalue weighted by atomic mass is 16.5. The highest BCUT2D eigenvalue weighted by Crippen LogP contribution is 2.27. The van der Waals surface area contributed by atoms with Crippen molar-refractivity contribution in [3.63, 3.8) is 0 Å². The fraction of sp³-hybridized carbons (Fsp3) is 0.583. The van der Waals surface area contributed by atoms with Crippen molar-refractivity contribution >= 4 is 0 Å². The molecule has 1 aromatic heterocycles. The minimum Gasteiger partial charge on any atom is -0.491 e. The molecule has 0 spiro atoms. The molecular weight excluding hydrogens is 206 g/mol. The predicted molar refractivity (Wildman–Crippen MR) is 62.2 cm³/mol. The molecule has 0 fully saturated rings. The van der Waals surface area contributed by atoms with E-state index in [1.165, 1.54) is 0 Å². The molecule has 0 bridgehead atoms. The molecule has 4 nitrogen and oxygen atoms in total. The lowest BCUT2D eigenvalue weighted by Gasteiger charge is -2.12. The maximum atomic E-state index is 5.44. The molecule has 0 saturated carbocycles. The Morgan fingerprint density at radius 1 is 1.25 bits per heavy atom. The SMILES string of the molecule is COCCOc1ncc(C(C)C)cc1OC. The van der Waals surface area contributed by atoms with Crippen molar-refractivity contribution in [2.75, 3.05) is 27.4 Å². The van der Waals surface area contributed by atoms with Crippen LogP contribution in [0, 0.1) is 0 Å². The summed E-state index contributed by atoms with van der Waals surface area (Å²) in [5, 5.41) is 0. The number of ether oxygens (including phenoxy) is 3. The van der Waals surface area contributed by atoms with E-state index < -0.39 is 0 Å². The largest absolute Gasteiger partial charge is 0.491 e. The van der Waals surface area contributed by atoms with Gasteiger partial charge in [0.15, 0.2) is 5.75 Å². The minimum atomic E-state index is 0.425. The first kappa shape index (κ1) is 12.8. The number of rotatable bonds is 6. The van der Waals surface area contributed by atoms with E-state index in [4.69, 9.17) is 14.2 Å². The molecule has 1 rings (SSSR count). The number of nitrogens with zero attached hydrogens (tertiary/aromatic N) is 1. The Morgan fingerprint density at radius 3 is 2.56 bits per heavy atom. The first-order valence-corrected chi connectivity index (χ1v) is 5.34. The topological polar surface area (TPSA) is 40.6 Å². The number of pyridine rings is 1. The van der Waals surface area contributed by atoms with Gasteiger partial charge in [-0.2, -0.15) is 0 Å². The van der Waals surface area contributed by atoms with Crippen LogP contribution in [0.2, 0.25) is 0 Å². The van der Waals surface area contributed by atoms with Crippen LogP contribution in [0.4, 0.5) is 0 Å². The van der Waals surface area contributed by atoms with Gasteiger partial charge in [0.25, 0.3) is 5.88 Å². The van der Waals surface area contributed by atoms with Gasteiger partial charge in [-0.25, -0.2) is 4.98 Å². The van der Waals surface area contributed by atoms with Crippen molar-refractivity contribution in [1.29, 1.82) is 0 Å².